The molecule has 0 N–H and O–H groups in total. The minimum Gasteiger partial charge on any atom is -0.497 e. The largest absolute Gasteiger partial charge is 0.497 e. The molecule has 2 aromatic heterocycles. The molecule has 1 fully saturated rings. The molecule has 6 nitrogen and oxygen atoms in total. The average Bonchev–Trinajstić information content (AvgIpc) is 3.39. The first-order valence-electron chi connectivity index (χ1n) is 9.59. The van der Waals surface area contributed by atoms with Crippen LogP contribution in [0.3, 0.4) is 0 Å². The smallest absolute Gasteiger partial charge is 0.289 e. The predicted molar refractivity (Wildman–Crippen MR) is 109 cm³/mol. The van der Waals surface area contributed by atoms with Crippen molar-refractivity contribution in [2.75, 3.05) is 20.2 Å². The van der Waals surface area contributed by atoms with Crippen molar-refractivity contribution in [3.05, 3.63) is 66.4 Å². The number of hydrogen-bond donors (Lipinski definition) is 0. The first-order valence-corrected chi connectivity index (χ1v) is 9.59. The minimum absolute atomic E-state index is 0.0860. The Bertz CT molecular complexity index is 1200. The third kappa shape index (κ3) is 3.38. The van der Waals surface area contributed by atoms with E-state index in [0.29, 0.717) is 30.3 Å². The number of aromatic nitrogens is 1. The number of fused-ring (bicyclic) bond motifs is 2. The minimum atomic E-state index is -0.127. The molecule has 1 atom stereocenters. The molecule has 5 rings (SSSR count). The van der Waals surface area contributed by atoms with Gasteiger partial charge in [0, 0.05) is 29.8 Å². The van der Waals surface area contributed by atoms with Crippen LogP contribution in [-0.4, -0.2) is 42.1 Å². The third-order valence-corrected chi connectivity index (χ3v) is 5.23. The van der Waals surface area contributed by atoms with Crippen LogP contribution in [0.15, 0.2) is 65.1 Å². The van der Waals surface area contributed by atoms with E-state index in [1.807, 2.05) is 54.6 Å². The Morgan fingerprint density at radius 1 is 1.10 bits per heavy atom. The van der Waals surface area contributed by atoms with Crippen LogP contribution in [0.5, 0.6) is 11.6 Å². The fourth-order valence-corrected chi connectivity index (χ4v) is 3.70. The molecule has 0 saturated carbocycles. The van der Waals surface area contributed by atoms with Crippen LogP contribution in [0.25, 0.3) is 21.9 Å². The Morgan fingerprint density at radius 2 is 2.00 bits per heavy atom. The van der Waals surface area contributed by atoms with E-state index in [-0.39, 0.29) is 12.0 Å². The molecule has 6 heteroatoms. The highest BCUT2D eigenvalue weighted by Crippen LogP contribution is 2.26. The molecule has 2 aromatic carbocycles. The number of carbonyl (C=O) groups is 1. The van der Waals surface area contributed by atoms with Crippen molar-refractivity contribution >= 4 is 27.8 Å². The molecular weight excluding hydrogens is 368 g/mol. The van der Waals surface area contributed by atoms with Crippen molar-refractivity contribution in [1.29, 1.82) is 0 Å². The highest BCUT2D eigenvalue weighted by molar-refractivity contribution is 5.96. The molecule has 1 unspecified atom stereocenters. The van der Waals surface area contributed by atoms with E-state index >= 15 is 0 Å². The normalized spacial score (nSPS) is 16.4. The summed E-state index contributed by atoms with van der Waals surface area (Å²) in [5.41, 5.74) is 1.56. The zero-order chi connectivity index (χ0) is 19.8. The summed E-state index contributed by atoms with van der Waals surface area (Å²) in [5, 5.41) is 1.92. The maximum atomic E-state index is 12.9. The number of likely N-dealkylation sites (tertiary alicyclic amines) is 1. The van der Waals surface area contributed by atoms with Gasteiger partial charge in [-0.1, -0.05) is 18.2 Å². The van der Waals surface area contributed by atoms with Crippen LogP contribution in [0.2, 0.25) is 0 Å². The number of hydrogen-bond acceptors (Lipinski definition) is 5. The standard InChI is InChI=1S/C23H20N2O4/c1-27-17-7-8-20-16(12-17)13-21(29-20)23(26)25-11-10-18(14-25)28-22-9-6-15-4-2-3-5-19(15)24-22/h2-9,12-13,18H,10-11,14H2,1H3. The molecule has 0 spiro atoms. The van der Waals surface area contributed by atoms with Crippen LogP contribution in [0.4, 0.5) is 0 Å². The maximum Gasteiger partial charge on any atom is 0.289 e. The Hall–Kier alpha value is -3.54. The van der Waals surface area contributed by atoms with Crippen molar-refractivity contribution in [1.82, 2.24) is 9.88 Å². The van der Waals surface area contributed by atoms with Crippen molar-refractivity contribution in [3.63, 3.8) is 0 Å². The second kappa shape index (κ2) is 7.13. The molecule has 29 heavy (non-hydrogen) atoms. The number of rotatable bonds is 4. The first-order chi connectivity index (χ1) is 14.2. The molecule has 0 aliphatic carbocycles. The molecule has 146 valence electrons. The maximum absolute atomic E-state index is 12.9. The second-order valence-corrected chi connectivity index (χ2v) is 7.14. The monoisotopic (exact) mass is 388 g/mol. The van der Waals surface area contributed by atoms with Gasteiger partial charge in [0.25, 0.3) is 5.91 Å². The fourth-order valence-electron chi connectivity index (χ4n) is 3.70. The van der Waals surface area contributed by atoms with Crippen molar-refractivity contribution < 1.29 is 18.7 Å². The van der Waals surface area contributed by atoms with Gasteiger partial charge < -0.3 is 18.8 Å². The highest BCUT2D eigenvalue weighted by Gasteiger charge is 2.30. The Labute approximate surface area is 167 Å². The summed E-state index contributed by atoms with van der Waals surface area (Å²) in [5.74, 6) is 1.52. The van der Waals surface area contributed by atoms with Crippen LogP contribution in [0.1, 0.15) is 17.0 Å². The summed E-state index contributed by atoms with van der Waals surface area (Å²) >= 11 is 0. The molecule has 0 bridgehead atoms. The summed E-state index contributed by atoms with van der Waals surface area (Å²) in [4.78, 5) is 19.2. The topological polar surface area (TPSA) is 64.8 Å². The number of furan rings is 1. The predicted octanol–water partition coefficient (Wildman–Crippen LogP) is 4.28. The molecule has 1 aliphatic heterocycles. The summed E-state index contributed by atoms with van der Waals surface area (Å²) < 4.78 is 17.0. The Kier molecular flexibility index (Phi) is 4.31. The van der Waals surface area contributed by atoms with E-state index in [1.54, 1.807) is 18.1 Å². The van der Waals surface area contributed by atoms with Gasteiger partial charge in [0.1, 0.15) is 17.4 Å². The number of nitrogens with zero attached hydrogens (tertiary/aromatic N) is 2. The Balaban J connectivity index is 1.29. The van der Waals surface area contributed by atoms with Gasteiger partial charge in [-0.2, -0.15) is 0 Å². The number of para-hydroxylation sites is 1. The molecule has 1 saturated heterocycles. The number of benzene rings is 2. The SMILES string of the molecule is COc1ccc2oc(C(=O)N3CCC(Oc4ccc5ccccc5n4)C3)cc2c1. The summed E-state index contributed by atoms with van der Waals surface area (Å²) in [6.45, 7) is 1.13. The van der Waals surface area contributed by atoms with Gasteiger partial charge in [0.2, 0.25) is 5.88 Å². The van der Waals surface area contributed by atoms with Crippen LogP contribution < -0.4 is 9.47 Å². The van der Waals surface area contributed by atoms with Gasteiger partial charge in [0.05, 0.1) is 19.2 Å². The molecule has 4 aromatic rings. The zero-order valence-corrected chi connectivity index (χ0v) is 16.0. The van der Waals surface area contributed by atoms with Gasteiger partial charge >= 0.3 is 0 Å². The quantitative estimate of drug-likeness (QED) is 0.522. The lowest BCUT2D eigenvalue weighted by atomic mass is 10.2. The van der Waals surface area contributed by atoms with Gasteiger partial charge in [-0.05, 0) is 36.4 Å². The zero-order valence-electron chi connectivity index (χ0n) is 16.0. The highest BCUT2D eigenvalue weighted by atomic mass is 16.5. The van der Waals surface area contributed by atoms with Gasteiger partial charge in [-0.15, -0.1) is 0 Å². The van der Waals surface area contributed by atoms with Gasteiger partial charge in [0.15, 0.2) is 5.76 Å². The summed E-state index contributed by atoms with van der Waals surface area (Å²) in [7, 11) is 1.61. The second-order valence-electron chi connectivity index (χ2n) is 7.14. The molecular formula is C23H20N2O4. The van der Waals surface area contributed by atoms with Crippen molar-refractivity contribution in [2.45, 2.75) is 12.5 Å². The fraction of sp³-hybridized carbons (Fsp3) is 0.217. The number of carbonyl (C=O) groups excluding carboxylic acids is 1. The lowest BCUT2D eigenvalue weighted by Crippen LogP contribution is -2.30. The van der Waals surface area contributed by atoms with Crippen LogP contribution in [0, 0.1) is 0 Å². The van der Waals surface area contributed by atoms with Crippen molar-refractivity contribution in [2.24, 2.45) is 0 Å². The number of amides is 1. The molecule has 1 amide bonds. The number of pyridine rings is 1. The molecule has 1 aliphatic rings. The van der Waals surface area contributed by atoms with E-state index in [2.05, 4.69) is 4.98 Å². The first kappa shape index (κ1) is 17.6. The number of ether oxygens (including phenoxy) is 2. The lowest BCUT2D eigenvalue weighted by molar-refractivity contribution is 0.0742. The van der Waals surface area contributed by atoms with E-state index in [9.17, 15) is 4.79 Å². The molecule has 0 radical (unpaired) electrons. The van der Waals surface area contributed by atoms with Gasteiger partial charge in [-0.3, -0.25) is 4.79 Å². The summed E-state index contributed by atoms with van der Waals surface area (Å²) in [6.07, 6.45) is 0.672. The average molecular weight is 388 g/mol. The lowest BCUT2D eigenvalue weighted by Gasteiger charge is -2.16. The van der Waals surface area contributed by atoms with E-state index < -0.39 is 0 Å². The third-order valence-electron chi connectivity index (χ3n) is 5.23. The Morgan fingerprint density at radius 3 is 2.90 bits per heavy atom. The van der Waals surface area contributed by atoms with Crippen LogP contribution >= 0.6 is 0 Å². The van der Waals surface area contributed by atoms with Gasteiger partial charge in [-0.25, -0.2) is 4.98 Å². The number of methoxy groups -OCH3 is 1. The van der Waals surface area contributed by atoms with E-state index in [4.69, 9.17) is 13.9 Å². The molecule has 3 heterocycles. The van der Waals surface area contributed by atoms with E-state index in [0.717, 1.165) is 28.5 Å². The van der Waals surface area contributed by atoms with Crippen LogP contribution in [-0.2, 0) is 0 Å². The van der Waals surface area contributed by atoms with E-state index in [1.165, 1.54) is 0 Å². The van der Waals surface area contributed by atoms with Crippen molar-refractivity contribution in [3.8, 4) is 11.6 Å². The summed E-state index contributed by atoms with van der Waals surface area (Å²) in [6, 6.07) is 19.0.